The van der Waals surface area contributed by atoms with Gasteiger partial charge < -0.3 is 14.1 Å². The molecule has 0 aromatic heterocycles. The van der Waals surface area contributed by atoms with Gasteiger partial charge in [0.1, 0.15) is 0 Å². The Balaban J connectivity index is -0.0000000400. The molecule has 0 aromatic rings. The predicted molar refractivity (Wildman–Crippen MR) is 14.4 cm³/mol. The number of hydrogen-bond acceptors (Lipinski definition) is 2. The summed E-state index contributed by atoms with van der Waals surface area (Å²) in [4.78, 5) is 10.5. The van der Waals surface area contributed by atoms with Crippen molar-refractivity contribution in [3.05, 3.63) is 7.11 Å². The van der Waals surface area contributed by atoms with Crippen molar-refractivity contribution in [2.75, 3.05) is 0 Å². The van der Waals surface area contributed by atoms with Crippen LogP contribution in [0.15, 0.2) is 0 Å². The van der Waals surface area contributed by atoms with Gasteiger partial charge in [0.25, 0.3) is 0 Å². The van der Waals surface area contributed by atoms with Crippen molar-refractivity contribution in [2.45, 2.75) is 0 Å². The molecule has 0 bridgehead atoms. The third-order valence-electron chi connectivity index (χ3n) is 0. The summed E-state index contributed by atoms with van der Waals surface area (Å²) in [5, 5.41) is 0. The fourth-order valence-electron chi connectivity index (χ4n) is 0. The Hall–Kier alpha value is -1.51. The van der Waals surface area contributed by atoms with Crippen LogP contribution in [-0.2, 0) is 9.74 Å². The largest absolute Gasteiger partial charge is 0.507 e. The van der Waals surface area contributed by atoms with Crippen LogP contribution in [0.25, 0.3) is 0 Å². The quantitative estimate of drug-likeness (QED) is 0.468. The SMILES string of the molecule is O=[C-]F.[CH2-]OF.[Rf]. The van der Waals surface area contributed by atoms with Gasteiger partial charge in [-0.25, -0.2) is 0 Å². The van der Waals surface area contributed by atoms with E-state index in [1.165, 1.54) is 0 Å². The Bertz CT molecular complexity index is 27.7. The number of halogens is 2. The van der Waals surface area contributed by atoms with Crippen molar-refractivity contribution in [1.82, 2.24) is 0 Å². The van der Waals surface area contributed by atoms with E-state index < -0.39 is 0 Å². The van der Waals surface area contributed by atoms with E-state index in [2.05, 4.69) is 12.1 Å². The molecule has 0 amide bonds. The molecule has 0 fully saturated rings. The molecule has 40 valence electrons. The van der Waals surface area contributed by atoms with Gasteiger partial charge in [0, 0.05) is 0 Å². The molecule has 0 rings (SSSR count). The van der Waals surface area contributed by atoms with Crippen LogP contribution in [-0.4, -0.2) is 6.54 Å². The van der Waals surface area contributed by atoms with Gasteiger partial charge >= 0.3 is 0 Å². The molecule has 0 radical (unpaired) electrons. The fourth-order valence-corrected chi connectivity index (χ4v) is 0. The zero-order chi connectivity index (χ0) is 5.41. The van der Waals surface area contributed by atoms with E-state index in [0.29, 0.717) is 0 Å². The molecule has 0 saturated carbocycles. The van der Waals surface area contributed by atoms with Crippen LogP contribution in [0.2, 0.25) is 0 Å². The van der Waals surface area contributed by atoms with Crippen LogP contribution in [0.4, 0.5) is 8.92 Å². The monoisotopic (exact) mass is 363 g/mol. The van der Waals surface area contributed by atoms with E-state index in [1.54, 1.807) is 0 Å². The van der Waals surface area contributed by atoms with Gasteiger partial charge in [0.15, 0.2) is 0 Å². The van der Waals surface area contributed by atoms with E-state index in [9.17, 15) is 8.92 Å². The zero-order valence-corrected chi connectivity index (χ0v) is 9.89. The summed E-state index contributed by atoms with van der Waals surface area (Å²) in [6.07, 6.45) is 0. The third kappa shape index (κ3) is 12.2. The normalized spacial score (nSPS) is 4.43. The van der Waals surface area contributed by atoms with Gasteiger partial charge in [-0.2, -0.15) is 7.11 Å². The minimum atomic E-state index is 0. The first-order valence-corrected chi connectivity index (χ1v) is 0.836. The van der Waals surface area contributed by atoms with Gasteiger partial charge in [-0.15, -0.1) is 0 Å². The van der Waals surface area contributed by atoms with E-state index in [0.717, 1.165) is 0 Å². The summed E-state index contributed by atoms with van der Waals surface area (Å²) in [6.45, 7) is 0. The molecule has 0 aromatic carbocycles. The molecule has 0 aliphatic heterocycles. The first-order valence-electron chi connectivity index (χ1n) is 0.836. The second kappa shape index (κ2) is 228. The molecule has 0 atom stereocenters. The van der Waals surface area contributed by atoms with Gasteiger partial charge in [0.2, 0.25) is 0 Å². The Morgan fingerprint density at radius 1 is 1.71 bits per heavy atom. The zero-order valence-electron chi connectivity index (χ0n) is 3.49. The molecule has 0 aliphatic rings. The first-order chi connectivity index (χ1) is 2.83. The molecular formula is C2H2F2O2Rf-2. The van der Waals surface area contributed by atoms with Crippen LogP contribution >= 0.6 is 0 Å². The summed E-state index contributed by atoms with van der Waals surface area (Å²) in [7, 11) is 2.32. The summed E-state index contributed by atoms with van der Waals surface area (Å²) in [5.74, 6) is 0. The Morgan fingerprint density at radius 3 is 1.71 bits per heavy atom. The number of hydrogen-bond donors (Lipinski definition) is 0. The van der Waals surface area contributed by atoms with Crippen LogP contribution in [0.5, 0.6) is 0 Å². The minimum Gasteiger partial charge on any atom is -0.507 e. The van der Waals surface area contributed by atoms with Gasteiger partial charge in [-0.05, 0) is 0 Å². The summed E-state index contributed by atoms with van der Waals surface area (Å²) < 4.78 is 19.2. The van der Waals surface area contributed by atoms with Gasteiger partial charge in [0.05, 0.1) is 0 Å². The maximum Gasteiger partial charge on any atom is 0 e. The maximum absolute atomic E-state index is 9.68. The molecule has 0 aliphatic carbocycles. The van der Waals surface area contributed by atoms with E-state index in [1.807, 2.05) is 0 Å². The van der Waals surface area contributed by atoms with Crippen LogP contribution in [0.1, 0.15) is 0 Å². The van der Waals surface area contributed by atoms with Crippen molar-refractivity contribution in [3.63, 3.8) is 0 Å². The van der Waals surface area contributed by atoms with Crippen molar-refractivity contribution >= 4 is 6.54 Å². The standard InChI is InChI=1S/CH2FO.CFO.Rf/c1-3-2;2-1-3;/h1H2;;/q2*-1;. The molecule has 0 saturated heterocycles. The molecule has 0 N–H and O–H groups in total. The number of carbonyl (C=O) groups excluding carboxylic acids is 1. The summed E-state index contributed by atoms with van der Waals surface area (Å²) >= 11 is 0. The van der Waals surface area contributed by atoms with Crippen LogP contribution in [0, 0.1) is 7.11 Å². The van der Waals surface area contributed by atoms with Crippen molar-refractivity contribution in [2.24, 2.45) is 0 Å². The molecule has 0 unspecified atom stereocenters. The summed E-state index contributed by atoms with van der Waals surface area (Å²) in [5.41, 5.74) is 0. The molecule has 7 heavy (non-hydrogen) atoms. The van der Waals surface area contributed by atoms with E-state index >= 15 is 0 Å². The van der Waals surface area contributed by atoms with Crippen LogP contribution < -0.4 is 0 Å². The second-order valence-electron chi connectivity index (χ2n) is 0.186. The Morgan fingerprint density at radius 2 is 1.71 bits per heavy atom. The van der Waals surface area contributed by atoms with Crippen molar-refractivity contribution in [1.29, 1.82) is 0 Å². The molecule has 0 spiro atoms. The minimum absolute atomic E-state index is 0. The van der Waals surface area contributed by atoms with Crippen LogP contribution in [0.3, 0.4) is 0 Å². The molecular weight excluding hydrogens is 361 g/mol. The Kier molecular flexibility index (Phi) is 581. The average Bonchev–Trinajstić information content (AvgIpc) is 1.39. The topological polar surface area (TPSA) is 26.3 Å². The smallest absolute Gasteiger partial charge is 0 e. The number of rotatable bonds is 0. The third-order valence-corrected chi connectivity index (χ3v) is 0. The molecule has 0 heterocycles. The van der Waals surface area contributed by atoms with E-state index in [-0.39, 0.29) is 6.54 Å². The maximum atomic E-state index is 9.68. The molecule has 2 nitrogen and oxygen atoms in total. The second-order valence-corrected chi connectivity index (χ2v) is 0.186. The predicted octanol–water partition coefficient (Wildman–Crippen LogP) is 0.702. The van der Waals surface area contributed by atoms with Gasteiger partial charge in [-0.3, -0.25) is 0 Å². The average molecular weight is 363 g/mol. The van der Waals surface area contributed by atoms with Gasteiger partial charge in [-0.1, -0.05) is 11.1 Å². The van der Waals surface area contributed by atoms with Crippen molar-refractivity contribution < 1.29 is 18.7 Å². The fraction of sp³-hybridized carbons (Fsp3) is 0. The molecule has 5 heteroatoms. The Labute approximate surface area is 33.6 Å². The van der Waals surface area contributed by atoms with E-state index in [4.69, 9.17) is 4.79 Å². The van der Waals surface area contributed by atoms with Crippen molar-refractivity contribution in [3.8, 4) is 0 Å². The summed E-state index contributed by atoms with van der Waals surface area (Å²) in [6, 6.07) is 0. The first kappa shape index (κ1) is 17.9.